The first kappa shape index (κ1) is 15.5. The number of aromatic nitrogens is 1. The first-order valence-electron chi connectivity index (χ1n) is 8.13. The van der Waals surface area contributed by atoms with Crippen LogP contribution in [0, 0.1) is 11.8 Å². The number of carbonyl (C=O) groups excluding carboxylic acids is 1. The van der Waals surface area contributed by atoms with Gasteiger partial charge >= 0.3 is 0 Å². The van der Waals surface area contributed by atoms with Crippen molar-refractivity contribution >= 4 is 5.91 Å². The quantitative estimate of drug-likeness (QED) is 0.873. The van der Waals surface area contributed by atoms with Crippen molar-refractivity contribution in [2.24, 2.45) is 11.8 Å². The van der Waals surface area contributed by atoms with E-state index in [9.17, 15) is 4.79 Å². The maximum absolute atomic E-state index is 12.1. The molecule has 0 radical (unpaired) electrons. The molecule has 2 aliphatic rings. The molecular weight excluding hydrogens is 284 g/mol. The number of hydrogen-bond donors (Lipinski definition) is 1. The number of amides is 1. The fourth-order valence-electron chi connectivity index (χ4n) is 3.40. The SMILES string of the molecule is COC(c1cc(C(=O)NCC2CCOC2)no1)C1CCCC1. The zero-order valence-electron chi connectivity index (χ0n) is 13.0. The molecule has 1 aliphatic carbocycles. The summed E-state index contributed by atoms with van der Waals surface area (Å²) in [4.78, 5) is 12.1. The molecule has 1 aromatic rings. The highest BCUT2D eigenvalue weighted by atomic mass is 16.5. The molecule has 0 spiro atoms. The van der Waals surface area contributed by atoms with Gasteiger partial charge in [-0.2, -0.15) is 0 Å². The number of nitrogens with zero attached hydrogens (tertiary/aromatic N) is 1. The second kappa shape index (κ2) is 7.24. The Labute approximate surface area is 130 Å². The van der Waals surface area contributed by atoms with E-state index in [0.717, 1.165) is 32.5 Å². The highest BCUT2D eigenvalue weighted by Crippen LogP contribution is 2.37. The molecule has 122 valence electrons. The van der Waals surface area contributed by atoms with E-state index in [0.29, 0.717) is 29.8 Å². The van der Waals surface area contributed by atoms with Crippen LogP contribution in [0.5, 0.6) is 0 Å². The Hall–Kier alpha value is -1.40. The lowest BCUT2D eigenvalue weighted by Crippen LogP contribution is -2.29. The van der Waals surface area contributed by atoms with E-state index in [4.69, 9.17) is 14.0 Å². The molecule has 1 amide bonds. The fraction of sp³-hybridized carbons (Fsp3) is 0.750. The average molecular weight is 308 g/mol. The van der Waals surface area contributed by atoms with Gasteiger partial charge in [0.1, 0.15) is 6.10 Å². The lowest BCUT2D eigenvalue weighted by molar-refractivity contribution is 0.0318. The van der Waals surface area contributed by atoms with Crippen LogP contribution in [0.2, 0.25) is 0 Å². The van der Waals surface area contributed by atoms with Crippen molar-refractivity contribution in [3.63, 3.8) is 0 Å². The molecule has 22 heavy (non-hydrogen) atoms. The Morgan fingerprint density at radius 1 is 1.45 bits per heavy atom. The lowest BCUT2D eigenvalue weighted by atomic mass is 9.98. The summed E-state index contributed by atoms with van der Waals surface area (Å²) in [6, 6.07) is 1.72. The van der Waals surface area contributed by atoms with Gasteiger partial charge in [0, 0.05) is 32.2 Å². The van der Waals surface area contributed by atoms with E-state index < -0.39 is 0 Å². The van der Waals surface area contributed by atoms with Gasteiger partial charge in [-0.15, -0.1) is 0 Å². The molecule has 0 bridgehead atoms. The molecule has 1 saturated carbocycles. The summed E-state index contributed by atoms with van der Waals surface area (Å²) in [5.41, 5.74) is 0.328. The van der Waals surface area contributed by atoms with Gasteiger partial charge in [-0.25, -0.2) is 0 Å². The van der Waals surface area contributed by atoms with E-state index in [2.05, 4.69) is 10.5 Å². The summed E-state index contributed by atoms with van der Waals surface area (Å²) in [7, 11) is 1.69. The number of ether oxygens (including phenoxy) is 2. The third-order valence-electron chi connectivity index (χ3n) is 4.70. The minimum Gasteiger partial charge on any atom is -0.381 e. The van der Waals surface area contributed by atoms with Crippen molar-refractivity contribution in [2.45, 2.75) is 38.2 Å². The summed E-state index contributed by atoms with van der Waals surface area (Å²) in [5.74, 6) is 1.33. The number of carbonyl (C=O) groups is 1. The molecule has 0 aromatic carbocycles. The predicted octanol–water partition coefficient (Wildman–Crippen LogP) is 2.32. The van der Waals surface area contributed by atoms with Crippen molar-refractivity contribution in [3.8, 4) is 0 Å². The number of hydrogen-bond acceptors (Lipinski definition) is 5. The standard InChI is InChI=1S/C16H24N2O4/c1-20-15(12-4-2-3-5-12)14-8-13(18-22-14)16(19)17-9-11-6-7-21-10-11/h8,11-12,15H,2-7,9-10H2,1H3,(H,17,19). The van der Waals surface area contributed by atoms with Gasteiger partial charge in [-0.05, 0) is 25.2 Å². The fourth-order valence-corrected chi connectivity index (χ4v) is 3.40. The molecule has 2 heterocycles. The molecule has 1 saturated heterocycles. The van der Waals surface area contributed by atoms with Crippen molar-refractivity contribution in [2.75, 3.05) is 26.9 Å². The van der Waals surface area contributed by atoms with Crippen molar-refractivity contribution in [1.82, 2.24) is 10.5 Å². The highest BCUT2D eigenvalue weighted by molar-refractivity contribution is 5.92. The molecule has 1 N–H and O–H groups in total. The van der Waals surface area contributed by atoms with Gasteiger partial charge in [-0.1, -0.05) is 18.0 Å². The minimum atomic E-state index is -0.192. The third-order valence-corrected chi connectivity index (χ3v) is 4.70. The topological polar surface area (TPSA) is 73.6 Å². The normalized spacial score (nSPS) is 23.8. The monoisotopic (exact) mass is 308 g/mol. The predicted molar refractivity (Wildman–Crippen MR) is 79.5 cm³/mol. The zero-order valence-corrected chi connectivity index (χ0v) is 13.0. The Morgan fingerprint density at radius 3 is 2.95 bits per heavy atom. The summed E-state index contributed by atoms with van der Waals surface area (Å²) in [6.07, 6.45) is 5.65. The van der Waals surface area contributed by atoms with Crippen LogP contribution in [-0.2, 0) is 9.47 Å². The molecule has 6 heteroatoms. The molecule has 3 rings (SSSR count). The first-order valence-corrected chi connectivity index (χ1v) is 8.13. The second-order valence-corrected chi connectivity index (χ2v) is 6.26. The van der Waals surface area contributed by atoms with Crippen LogP contribution in [0.25, 0.3) is 0 Å². The van der Waals surface area contributed by atoms with E-state index in [1.54, 1.807) is 13.2 Å². The lowest BCUT2D eigenvalue weighted by Gasteiger charge is -2.18. The molecule has 6 nitrogen and oxygen atoms in total. The number of nitrogens with one attached hydrogen (secondary N) is 1. The van der Waals surface area contributed by atoms with Crippen LogP contribution >= 0.6 is 0 Å². The van der Waals surface area contributed by atoms with E-state index in [-0.39, 0.29) is 12.0 Å². The van der Waals surface area contributed by atoms with Gasteiger partial charge in [0.2, 0.25) is 0 Å². The molecule has 1 aromatic heterocycles. The van der Waals surface area contributed by atoms with Crippen LogP contribution in [0.1, 0.15) is 54.5 Å². The van der Waals surface area contributed by atoms with Gasteiger partial charge < -0.3 is 19.3 Å². The molecule has 2 atom stereocenters. The Bertz CT molecular complexity index is 490. The van der Waals surface area contributed by atoms with Gasteiger partial charge in [0.15, 0.2) is 11.5 Å². The van der Waals surface area contributed by atoms with Crippen LogP contribution in [0.15, 0.2) is 10.6 Å². The Balaban J connectivity index is 1.58. The van der Waals surface area contributed by atoms with Gasteiger partial charge in [0.25, 0.3) is 5.91 Å². The molecule has 1 aliphatic heterocycles. The van der Waals surface area contributed by atoms with Crippen LogP contribution in [0.4, 0.5) is 0 Å². The van der Waals surface area contributed by atoms with E-state index >= 15 is 0 Å². The second-order valence-electron chi connectivity index (χ2n) is 6.26. The highest BCUT2D eigenvalue weighted by Gasteiger charge is 2.30. The summed E-state index contributed by atoms with van der Waals surface area (Å²) in [5, 5.41) is 6.80. The molecule has 2 unspecified atom stereocenters. The van der Waals surface area contributed by atoms with E-state index in [1.165, 1.54) is 12.8 Å². The Morgan fingerprint density at radius 2 is 2.27 bits per heavy atom. The van der Waals surface area contributed by atoms with Crippen molar-refractivity contribution in [1.29, 1.82) is 0 Å². The zero-order chi connectivity index (χ0) is 15.4. The van der Waals surface area contributed by atoms with Crippen molar-refractivity contribution < 1.29 is 18.8 Å². The average Bonchev–Trinajstić information content (AvgIpc) is 3.28. The smallest absolute Gasteiger partial charge is 0.273 e. The number of rotatable bonds is 6. The minimum absolute atomic E-state index is 0.0974. The molecule has 2 fully saturated rings. The Kier molecular flexibility index (Phi) is 5.10. The summed E-state index contributed by atoms with van der Waals surface area (Å²) >= 11 is 0. The van der Waals surface area contributed by atoms with Crippen LogP contribution in [-0.4, -0.2) is 37.9 Å². The maximum atomic E-state index is 12.1. The van der Waals surface area contributed by atoms with Gasteiger partial charge in [0.05, 0.1) is 6.61 Å². The summed E-state index contributed by atoms with van der Waals surface area (Å²) in [6.45, 7) is 2.13. The van der Waals surface area contributed by atoms with E-state index in [1.807, 2.05) is 0 Å². The largest absolute Gasteiger partial charge is 0.381 e. The van der Waals surface area contributed by atoms with Crippen LogP contribution < -0.4 is 5.32 Å². The number of methoxy groups -OCH3 is 1. The molecular formula is C16H24N2O4. The van der Waals surface area contributed by atoms with Crippen LogP contribution in [0.3, 0.4) is 0 Å². The third kappa shape index (κ3) is 3.50. The maximum Gasteiger partial charge on any atom is 0.273 e. The van der Waals surface area contributed by atoms with Crippen molar-refractivity contribution in [3.05, 3.63) is 17.5 Å². The summed E-state index contributed by atoms with van der Waals surface area (Å²) < 4.78 is 16.2. The van der Waals surface area contributed by atoms with Gasteiger partial charge in [-0.3, -0.25) is 4.79 Å². The first-order chi connectivity index (χ1) is 10.8.